The summed E-state index contributed by atoms with van der Waals surface area (Å²) < 4.78 is 0. The van der Waals surface area contributed by atoms with Crippen molar-refractivity contribution in [3.63, 3.8) is 0 Å². The summed E-state index contributed by atoms with van der Waals surface area (Å²) in [6.07, 6.45) is 0. The van der Waals surface area contributed by atoms with Gasteiger partial charge in [-0.25, -0.2) is 0 Å². The fourth-order valence-electron chi connectivity index (χ4n) is 2.88. The zero-order valence-corrected chi connectivity index (χ0v) is 14.7. The highest BCUT2D eigenvalue weighted by Crippen LogP contribution is 2.38. The molecule has 0 amide bonds. The molecule has 5 heteroatoms. The number of hydrogen-bond donors (Lipinski definition) is 1. The Hall–Kier alpha value is 0.01000. The van der Waals surface area contributed by atoms with Gasteiger partial charge in [0.1, 0.15) is 0 Å². The Kier molecular flexibility index (Phi) is 8.46. The quantitative estimate of drug-likeness (QED) is 0.869. The third-order valence-corrected chi connectivity index (χ3v) is 3.74. The van der Waals surface area contributed by atoms with Crippen molar-refractivity contribution in [3.8, 4) is 0 Å². The van der Waals surface area contributed by atoms with Crippen LogP contribution in [0.1, 0.15) is 32.4 Å². The minimum atomic E-state index is 0. The molecule has 1 aliphatic rings. The topological polar surface area (TPSA) is 15.3 Å². The molecule has 1 saturated heterocycles. The average Bonchev–Trinajstić information content (AvgIpc) is 2.28. The highest BCUT2D eigenvalue weighted by Gasteiger charge is 2.32. The number of rotatable bonds is 2. The van der Waals surface area contributed by atoms with E-state index >= 15 is 0 Å². The first kappa shape index (κ1) is 20.0. The second-order valence-corrected chi connectivity index (χ2v) is 6.55. The molecule has 116 valence electrons. The Morgan fingerprint density at radius 2 is 1.75 bits per heavy atom. The van der Waals surface area contributed by atoms with E-state index in [9.17, 15) is 0 Å². The van der Waals surface area contributed by atoms with Gasteiger partial charge in [-0.2, -0.15) is 0 Å². The van der Waals surface area contributed by atoms with E-state index in [4.69, 9.17) is 11.6 Å². The van der Waals surface area contributed by atoms with Crippen LogP contribution in [0.4, 0.5) is 0 Å². The first-order valence-electron chi connectivity index (χ1n) is 6.69. The van der Waals surface area contributed by atoms with Gasteiger partial charge in [0.05, 0.1) is 0 Å². The predicted molar refractivity (Wildman–Crippen MR) is 92.6 cm³/mol. The summed E-state index contributed by atoms with van der Waals surface area (Å²) in [5.41, 5.74) is 1.54. The molecule has 0 saturated carbocycles. The molecule has 1 aromatic rings. The molecule has 0 unspecified atom stereocenters. The lowest BCUT2D eigenvalue weighted by Gasteiger charge is -2.42. The van der Waals surface area contributed by atoms with Gasteiger partial charge in [0, 0.05) is 37.2 Å². The van der Waals surface area contributed by atoms with E-state index in [1.807, 2.05) is 6.07 Å². The summed E-state index contributed by atoms with van der Waals surface area (Å²) in [5, 5.41) is 4.25. The molecule has 0 aromatic heterocycles. The number of piperazine rings is 1. The maximum atomic E-state index is 6.15. The van der Waals surface area contributed by atoms with Crippen molar-refractivity contribution in [3.05, 3.63) is 34.9 Å². The second-order valence-electron chi connectivity index (χ2n) is 6.11. The van der Waals surface area contributed by atoms with Gasteiger partial charge in [0.15, 0.2) is 0 Å². The second kappa shape index (κ2) is 8.45. The van der Waals surface area contributed by atoms with E-state index in [0.717, 1.165) is 31.2 Å². The molecule has 2 nitrogen and oxygen atoms in total. The summed E-state index contributed by atoms with van der Waals surface area (Å²) in [4.78, 5) is 2.57. The van der Waals surface area contributed by atoms with E-state index in [1.54, 1.807) is 0 Å². The Balaban J connectivity index is 0.00000180. The maximum absolute atomic E-state index is 6.15. The first-order chi connectivity index (χ1) is 8.48. The zero-order chi connectivity index (χ0) is 13.2. The SMILES string of the molecule is CC(C)(C)[C@H](c1cccc(Cl)c1)N1CCNCC1.Cl.Cl. The molecule has 0 aliphatic carbocycles. The van der Waals surface area contributed by atoms with Crippen LogP contribution in [0.5, 0.6) is 0 Å². The Bertz CT molecular complexity index is 398. The van der Waals surface area contributed by atoms with Gasteiger partial charge in [-0.1, -0.05) is 44.5 Å². The number of halogens is 3. The van der Waals surface area contributed by atoms with Gasteiger partial charge in [-0.05, 0) is 23.1 Å². The molecular formula is C15H25Cl3N2. The summed E-state index contributed by atoms with van der Waals surface area (Å²) in [5.74, 6) is 0. The summed E-state index contributed by atoms with van der Waals surface area (Å²) in [7, 11) is 0. The smallest absolute Gasteiger partial charge is 0.0409 e. The first-order valence-corrected chi connectivity index (χ1v) is 7.06. The van der Waals surface area contributed by atoms with Gasteiger partial charge in [-0.15, -0.1) is 24.8 Å². The van der Waals surface area contributed by atoms with Gasteiger partial charge in [0.2, 0.25) is 0 Å². The molecule has 1 aromatic carbocycles. The van der Waals surface area contributed by atoms with Gasteiger partial charge < -0.3 is 5.32 Å². The molecular weight excluding hydrogens is 315 g/mol. The van der Waals surface area contributed by atoms with Crippen LogP contribution in [0.2, 0.25) is 5.02 Å². The van der Waals surface area contributed by atoms with Crippen LogP contribution in [0.3, 0.4) is 0 Å². The third-order valence-electron chi connectivity index (χ3n) is 3.50. The molecule has 0 radical (unpaired) electrons. The van der Waals surface area contributed by atoms with Crippen molar-refractivity contribution in [2.75, 3.05) is 26.2 Å². The molecule has 0 spiro atoms. The minimum Gasteiger partial charge on any atom is -0.314 e. The van der Waals surface area contributed by atoms with Crippen LogP contribution in [0, 0.1) is 5.41 Å². The predicted octanol–water partition coefficient (Wildman–Crippen LogP) is 4.18. The van der Waals surface area contributed by atoms with Gasteiger partial charge in [0.25, 0.3) is 0 Å². The molecule has 1 N–H and O–H groups in total. The van der Waals surface area contributed by atoms with Crippen LogP contribution in [0.15, 0.2) is 24.3 Å². The Labute approximate surface area is 140 Å². The van der Waals surface area contributed by atoms with Gasteiger partial charge in [-0.3, -0.25) is 4.90 Å². The fraction of sp³-hybridized carbons (Fsp3) is 0.600. The largest absolute Gasteiger partial charge is 0.314 e. The number of nitrogens with zero attached hydrogens (tertiary/aromatic N) is 1. The van der Waals surface area contributed by atoms with Crippen LogP contribution in [-0.2, 0) is 0 Å². The molecule has 0 bridgehead atoms. The maximum Gasteiger partial charge on any atom is 0.0409 e. The fourth-order valence-corrected chi connectivity index (χ4v) is 3.07. The third kappa shape index (κ3) is 5.09. The lowest BCUT2D eigenvalue weighted by molar-refractivity contribution is 0.0862. The number of nitrogens with one attached hydrogen (secondary N) is 1. The summed E-state index contributed by atoms with van der Waals surface area (Å²) in [6.45, 7) is 11.3. The highest BCUT2D eigenvalue weighted by molar-refractivity contribution is 6.30. The summed E-state index contributed by atoms with van der Waals surface area (Å²) >= 11 is 6.15. The van der Waals surface area contributed by atoms with Crippen molar-refractivity contribution in [2.24, 2.45) is 5.41 Å². The zero-order valence-electron chi connectivity index (χ0n) is 12.4. The monoisotopic (exact) mass is 338 g/mol. The van der Waals surface area contributed by atoms with Crippen molar-refractivity contribution < 1.29 is 0 Å². The molecule has 1 heterocycles. The van der Waals surface area contributed by atoms with E-state index < -0.39 is 0 Å². The van der Waals surface area contributed by atoms with Crippen molar-refractivity contribution >= 4 is 36.4 Å². The highest BCUT2D eigenvalue weighted by atomic mass is 35.5. The van der Waals surface area contributed by atoms with Crippen molar-refractivity contribution in [1.29, 1.82) is 0 Å². The Morgan fingerprint density at radius 3 is 2.25 bits per heavy atom. The average molecular weight is 340 g/mol. The van der Waals surface area contributed by atoms with Crippen LogP contribution >= 0.6 is 36.4 Å². The summed E-state index contributed by atoms with van der Waals surface area (Å²) in [6, 6.07) is 8.74. The van der Waals surface area contributed by atoms with Crippen LogP contribution in [0.25, 0.3) is 0 Å². The lowest BCUT2D eigenvalue weighted by atomic mass is 9.81. The number of hydrogen-bond acceptors (Lipinski definition) is 2. The van der Waals surface area contributed by atoms with Crippen LogP contribution in [-0.4, -0.2) is 31.1 Å². The lowest BCUT2D eigenvalue weighted by Crippen LogP contribution is -2.48. The molecule has 1 aliphatic heterocycles. The normalized spacial score (nSPS) is 17.8. The minimum absolute atomic E-state index is 0. The number of benzene rings is 1. The van der Waals surface area contributed by atoms with Crippen LogP contribution < -0.4 is 5.32 Å². The van der Waals surface area contributed by atoms with E-state index in [1.165, 1.54) is 5.56 Å². The van der Waals surface area contributed by atoms with Crippen molar-refractivity contribution in [2.45, 2.75) is 26.8 Å². The molecule has 1 fully saturated rings. The van der Waals surface area contributed by atoms with Gasteiger partial charge >= 0.3 is 0 Å². The van der Waals surface area contributed by atoms with E-state index in [0.29, 0.717) is 6.04 Å². The van der Waals surface area contributed by atoms with E-state index in [-0.39, 0.29) is 30.2 Å². The standard InChI is InChI=1S/C15H23ClN2.2ClH/c1-15(2,3)14(18-9-7-17-8-10-18)12-5-4-6-13(16)11-12;;/h4-6,11,14,17H,7-10H2,1-3H3;2*1H/t14-;;/m0../s1. The molecule has 1 atom stereocenters. The van der Waals surface area contributed by atoms with E-state index in [2.05, 4.69) is 49.2 Å². The molecule has 20 heavy (non-hydrogen) atoms. The van der Waals surface area contributed by atoms with Crippen molar-refractivity contribution in [1.82, 2.24) is 10.2 Å². The molecule has 2 rings (SSSR count). The Morgan fingerprint density at radius 1 is 1.15 bits per heavy atom.